The van der Waals surface area contributed by atoms with Crippen molar-refractivity contribution in [3.05, 3.63) is 24.3 Å². The van der Waals surface area contributed by atoms with Crippen LogP contribution < -0.4 is 10.6 Å². The number of carbonyl (C=O) groups excluding carboxylic acids is 2. The molecule has 1 aromatic carbocycles. The molecule has 2 aliphatic heterocycles. The lowest BCUT2D eigenvalue weighted by atomic mass is 9.83. The number of esters is 1. The van der Waals surface area contributed by atoms with Crippen LogP contribution in [0.2, 0.25) is 0 Å². The fourth-order valence-electron chi connectivity index (χ4n) is 3.81. The lowest BCUT2D eigenvalue weighted by Gasteiger charge is -2.45. The van der Waals surface area contributed by atoms with Crippen LogP contribution in [0, 0.1) is 0 Å². The summed E-state index contributed by atoms with van der Waals surface area (Å²) in [7, 11) is 1.44. The molecule has 1 fully saturated rings. The van der Waals surface area contributed by atoms with Crippen LogP contribution in [0.3, 0.4) is 0 Å². The van der Waals surface area contributed by atoms with Gasteiger partial charge in [0.1, 0.15) is 11.6 Å². The number of fused-ring (bicyclic) bond motifs is 1. The number of hydrogen-bond donors (Lipinski definition) is 2. The van der Waals surface area contributed by atoms with Crippen LogP contribution in [-0.2, 0) is 14.3 Å². The Bertz CT molecular complexity index is 639. The van der Waals surface area contributed by atoms with Gasteiger partial charge in [-0.15, -0.1) is 0 Å². The van der Waals surface area contributed by atoms with Gasteiger partial charge >= 0.3 is 5.97 Å². The molecule has 1 aromatic rings. The van der Waals surface area contributed by atoms with Gasteiger partial charge in [0.2, 0.25) is 5.91 Å². The van der Waals surface area contributed by atoms with Crippen molar-refractivity contribution in [2.45, 2.75) is 50.6 Å². The lowest BCUT2D eigenvalue weighted by Crippen LogP contribution is -2.60. The topological polar surface area (TPSA) is 70.7 Å². The summed E-state index contributed by atoms with van der Waals surface area (Å²) in [6.45, 7) is 3.52. The molecule has 1 saturated heterocycles. The number of piperidine rings is 1. The summed E-state index contributed by atoms with van der Waals surface area (Å²) >= 11 is 0. The van der Waals surface area contributed by atoms with Gasteiger partial charge in [-0.3, -0.25) is 14.5 Å². The third-order valence-electron chi connectivity index (χ3n) is 5.38. The highest BCUT2D eigenvalue weighted by Crippen LogP contribution is 2.36. The molecule has 6 heteroatoms. The zero-order chi connectivity index (χ0) is 17.9. The highest BCUT2D eigenvalue weighted by molar-refractivity contribution is 6.06. The van der Waals surface area contributed by atoms with Gasteiger partial charge in [0.05, 0.1) is 18.5 Å². The molecule has 1 atom stereocenters. The van der Waals surface area contributed by atoms with Gasteiger partial charge in [0, 0.05) is 13.1 Å². The molecule has 3 rings (SSSR count). The molecule has 0 saturated carbocycles. The fraction of sp³-hybridized carbons (Fsp3) is 0.579. The molecule has 136 valence electrons. The zero-order valence-electron chi connectivity index (χ0n) is 15.0. The van der Waals surface area contributed by atoms with Crippen LogP contribution >= 0.6 is 0 Å². The van der Waals surface area contributed by atoms with Crippen LogP contribution in [0.4, 0.5) is 11.4 Å². The normalized spacial score (nSPS) is 20.3. The van der Waals surface area contributed by atoms with E-state index in [0.717, 1.165) is 30.6 Å². The molecule has 0 aromatic heterocycles. The number of hydrogen-bond acceptors (Lipinski definition) is 5. The van der Waals surface area contributed by atoms with Crippen LogP contribution in [0.25, 0.3) is 0 Å². The van der Waals surface area contributed by atoms with E-state index >= 15 is 0 Å². The Balaban J connectivity index is 1.70. The van der Waals surface area contributed by atoms with E-state index in [9.17, 15) is 9.59 Å². The zero-order valence-corrected chi connectivity index (χ0v) is 15.0. The van der Waals surface area contributed by atoms with E-state index in [1.807, 2.05) is 24.3 Å². The van der Waals surface area contributed by atoms with E-state index < -0.39 is 5.54 Å². The second-order valence-electron chi connectivity index (χ2n) is 6.92. The average Bonchev–Trinajstić information content (AvgIpc) is 2.64. The van der Waals surface area contributed by atoms with E-state index in [-0.39, 0.29) is 17.9 Å². The van der Waals surface area contributed by atoms with Crippen molar-refractivity contribution in [3.8, 4) is 0 Å². The Hall–Kier alpha value is -2.08. The monoisotopic (exact) mass is 345 g/mol. The Kier molecular flexibility index (Phi) is 5.27. The molecule has 2 aliphatic rings. The second-order valence-corrected chi connectivity index (χ2v) is 6.92. The number of rotatable bonds is 5. The first-order chi connectivity index (χ1) is 12.1. The molecule has 0 radical (unpaired) electrons. The number of anilines is 2. The number of amides is 1. The van der Waals surface area contributed by atoms with Crippen molar-refractivity contribution in [1.29, 1.82) is 0 Å². The molecular weight excluding hydrogens is 318 g/mol. The third kappa shape index (κ3) is 3.49. The molecule has 0 unspecified atom stereocenters. The summed E-state index contributed by atoms with van der Waals surface area (Å²) in [6, 6.07) is 7.56. The predicted molar refractivity (Wildman–Crippen MR) is 97.6 cm³/mol. The van der Waals surface area contributed by atoms with Crippen molar-refractivity contribution in [2.75, 3.05) is 30.8 Å². The predicted octanol–water partition coefficient (Wildman–Crippen LogP) is 2.62. The largest absolute Gasteiger partial charge is 0.468 e. The SMILES string of the molecule is CCCC[C@H](C(=O)OC)N1CCC2(CC1)Nc1ccccc1NC2=O. The number of methoxy groups -OCH3 is 1. The molecule has 0 aliphatic carbocycles. The van der Waals surface area contributed by atoms with Crippen molar-refractivity contribution >= 4 is 23.3 Å². The first-order valence-electron chi connectivity index (χ1n) is 9.10. The van der Waals surface area contributed by atoms with Gasteiger partial charge in [0.25, 0.3) is 0 Å². The van der Waals surface area contributed by atoms with Crippen molar-refractivity contribution in [2.24, 2.45) is 0 Å². The number of unbranched alkanes of at least 4 members (excludes halogenated alkanes) is 1. The molecule has 25 heavy (non-hydrogen) atoms. The maximum absolute atomic E-state index is 12.7. The summed E-state index contributed by atoms with van der Waals surface area (Å²) in [4.78, 5) is 27.0. The average molecular weight is 345 g/mol. The van der Waals surface area contributed by atoms with E-state index in [0.29, 0.717) is 25.9 Å². The van der Waals surface area contributed by atoms with Gasteiger partial charge in [-0.2, -0.15) is 0 Å². The van der Waals surface area contributed by atoms with E-state index in [2.05, 4.69) is 22.5 Å². The molecular formula is C19H27N3O3. The first-order valence-corrected chi connectivity index (χ1v) is 9.10. The Morgan fingerprint density at radius 2 is 1.96 bits per heavy atom. The summed E-state index contributed by atoms with van der Waals surface area (Å²) in [5, 5.41) is 6.47. The maximum atomic E-state index is 12.7. The maximum Gasteiger partial charge on any atom is 0.323 e. The number of para-hydroxylation sites is 2. The van der Waals surface area contributed by atoms with E-state index in [4.69, 9.17) is 4.74 Å². The van der Waals surface area contributed by atoms with Gasteiger partial charge in [-0.25, -0.2) is 0 Å². The standard InChI is InChI=1S/C19H27N3O3/c1-3-4-9-16(17(23)25-2)22-12-10-19(11-13-22)18(24)20-14-7-5-6-8-15(14)21-19/h5-8,16,21H,3-4,9-13H2,1-2H3,(H,20,24)/t16-/m1/s1. The highest BCUT2D eigenvalue weighted by Gasteiger charge is 2.45. The third-order valence-corrected chi connectivity index (χ3v) is 5.38. The minimum atomic E-state index is -0.587. The van der Waals surface area contributed by atoms with Crippen LogP contribution in [-0.4, -0.2) is 48.6 Å². The van der Waals surface area contributed by atoms with E-state index in [1.165, 1.54) is 7.11 Å². The molecule has 0 bridgehead atoms. The quantitative estimate of drug-likeness (QED) is 0.803. The van der Waals surface area contributed by atoms with E-state index in [1.54, 1.807) is 0 Å². The minimum absolute atomic E-state index is 0.0222. The number of likely N-dealkylation sites (tertiary alicyclic amines) is 1. The smallest absolute Gasteiger partial charge is 0.323 e. The summed E-state index contributed by atoms with van der Waals surface area (Å²) in [5.74, 6) is -0.148. The molecule has 2 N–H and O–H groups in total. The van der Waals surface area contributed by atoms with Gasteiger partial charge < -0.3 is 15.4 Å². The number of nitrogens with zero attached hydrogens (tertiary/aromatic N) is 1. The Morgan fingerprint density at radius 3 is 2.60 bits per heavy atom. The number of ether oxygens (including phenoxy) is 1. The van der Waals surface area contributed by atoms with Gasteiger partial charge in [-0.05, 0) is 31.4 Å². The van der Waals surface area contributed by atoms with Gasteiger partial charge in [-0.1, -0.05) is 31.9 Å². The van der Waals surface area contributed by atoms with Crippen LogP contribution in [0.15, 0.2) is 24.3 Å². The van der Waals surface area contributed by atoms with Crippen molar-refractivity contribution in [1.82, 2.24) is 4.90 Å². The number of benzene rings is 1. The lowest BCUT2D eigenvalue weighted by molar-refractivity contribution is -0.148. The summed E-state index contributed by atoms with van der Waals surface area (Å²) in [6.07, 6.45) is 4.19. The van der Waals surface area contributed by atoms with Crippen molar-refractivity contribution in [3.63, 3.8) is 0 Å². The number of carbonyl (C=O) groups is 2. The van der Waals surface area contributed by atoms with Gasteiger partial charge in [0.15, 0.2) is 0 Å². The Morgan fingerprint density at radius 1 is 1.28 bits per heavy atom. The summed E-state index contributed by atoms with van der Waals surface area (Å²) < 4.78 is 4.99. The minimum Gasteiger partial charge on any atom is -0.468 e. The molecule has 1 amide bonds. The second kappa shape index (κ2) is 7.44. The number of nitrogens with one attached hydrogen (secondary N) is 2. The Labute approximate surface area is 148 Å². The first kappa shape index (κ1) is 17.7. The molecule has 2 heterocycles. The molecule has 1 spiro atoms. The van der Waals surface area contributed by atoms with Crippen LogP contribution in [0.1, 0.15) is 39.0 Å². The molecule has 6 nitrogen and oxygen atoms in total. The van der Waals surface area contributed by atoms with Crippen LogP contribution in [0.5, 0.6) is 0 Å². The van der Waals surface area contributed by atoms with Crippen molar-refractivity contribution < 1.29 is 14.3 Å². The highest BCUT2D eigenvalue weighted by atomic mass is 16.5. The summed E-state index contributed by atoms with van der Waals surface area (Å²) in [5.41, 5.74) is 1.21. The fourth-order valence-corrected chi connectivity index (χ4v) is 3.81.